The van der Waals surface area contributed by atoms with Crippen molar-refractivity contribution in [2.45, 2.75) is 38.9 Å². The molecule has 0 aromatic heterocycles. The zero-order valence-corrected chi connectivity index (χ0v) is 21.9. The summed E-state index contributed by atoms with van der Waals surface area (Å²) in [5, 5.41) is 22.9. The molecule has 7 heteroatoms. The van der Waals surface area contributed by atoms with Gasteiger partial charge in [-0.05, 0) is 85.3 Å². The average Bonchev–Trinajstić information content (AvgIpc) is 2.93. The van der Waals surface area contributed by atoms with Crippen LogP contribution in [0.4, 0.5) is 0 Å². The van der Waals surface area contributed by atoms with Gasteiger partial charge in [0, 0.05) is 13.1 Å². The number of hydrogen-bond donors (Lipinski definition) is 3. The maximum absolute atomic E-state index is 11.1. The zero-order valence-electron chi connectivity index (χ0n) is 21.9. The molecule has 1 heterocycles. The molecule has 0 radical (unpaired) electrons. The van der Waals surface area contributed by atoms with Crippen LogP contribution in [0.1, 0.15) is 41.8 Å². The Hall–Kier alpha value is -3.81. The van der Waals surface area contributed by atoms with Crippen molar-refractivity contribution in [3.63, 3.8) is 0 Å². The molecule has 2 atom stereocenters. The topological polar surface area (TPSA) is 97.2 Å². The molecule has 0 fully saturated rings. The van der Waals surface area contributed by atoms with Crippen LogP contribution in [0, 0.1) is 0 Å². The van der Waals surface area contributed by atoms with E-state index in [2.05, 4.69) is 11.4 Å². The number of aromatic carboxylic acids is 1. The molecule has 0 aliphatic carbocycles. The standard InChI is InChI=1S/C31H35NO6/c1-3-5-21-6-14-29(36-4-2)30(16-21)37-20-26(33)18-32-19-27-13-11-25-17-24(12-15-28(25)38-27)22-7-9-23(10-8-22)31(34)35/h3,5-10,12,14-17,26-27,32-33H,4,11,13,18-20H2,1-2H3,(H,34,35)/b5-3+/t26-,27-/m1/s1. The molecule has 4 rings (SSSR count). The van der Waals surface area contributed by atoms with Crippen LogP contribution in [0.2, 0.25) is 0 Å². The SMILES string of the molecule is C/C=C/c1ccc(OCC)c(OC[C@H](O)CNC[C@H]2CCc3cc(-c4ccc(C(=O)O)cc4)ccc3O2)c1. The second-order valence-electron chi connectivity index (χ2n) is 9.25. The Balaban J connectivity index is 1.25. The molecule has 0 saturated carbocycles. The number of aryl methyl sites for hydroxylation is 1. The van der Waals surface area contributed by atoms with Crippen molar-refractivity contribution < 1.29 is 29.2 Å². The highest BCUT2D eigenvalue weighted by Gasteiger charge is 2.20. The van der Waals surface area contributed by atoms with Crippen molar-refractivity contribution in [2.75, 3.05) is 26.3 Å². The van der Waals surface area contributed by atoms with Gasteiger partial charge < -0.3 is 29.7 Å². The van der Waals surface area contributed by atoms with E-state index in [1.54, 1.807) is 12.1 Å². The van der Waals surface area contributed by atoms with E-state index in [9.17, 15) is 9.90 Å². The van der Waals surface area contributed by atoms with Gasteiger partial charge in [-0.25, -0.2) is 4.79 Å². The van der Waals surface area contributed by atoms with E-state index in [-0.39, 0.29) is 18.3 Å². The first-order chi connectivity index (χ1) is 18.5. The van der Waals surface area contributed by atoms with Crippen LogP contribution in [0.3, 0.4) is 0 Å². The Morgan fingerprint density at radius 2 is 1.87 bits per heavy atom. The van der Waals surface area contributed by atoms with E-state index < -0.39 is 12.1 Å². The fourth-order valence-corrected chi connectivity index (χ4v) is 4.44. The summed E-state index contributed by atoms with van der Waals surface area (Å²) in [6.45, 7) is 5.58. The van der Waals surface area contributed by atoms with Gasteiger partial charge in [0.15, 0.2) is 11.5 Å². The van der Waals surface area contributed by atoms with Gasteiger partial charge in [0.25, 0.3) is 0 Å². The molecule has 0 unspecified atom stereocenters. The minimum Gasteiger partial charge on any atom is -0.490 e. The third-order valence-electron chi connectivity index (χ3n) is 6.36. The van der Waals surface area contributed by atoms with E-state index in [1.165, 1.54) is 0 Å². The van der Waals surface area contributed by atoms with Crippen LogP contribution in [0.15, 0.2) is 66.7 Å². The fourth-order valence-electron chi connectivity index (χ4n) is 4.44. The number of rotatable bonds is 12. The summed E-state index contributed by atoms with van der Waals surface area (Å²) in [5.41, 5.74) is 4.43. The lowest BCUT2D eigenvalue weighted by Gasteiger charge is -2.27. The molecule has 0 saturated heterocycles. The largest absolute Gasteiger partial charge is 0.490 e. The number of fused-ring (bicyclic) bond motifs is 1. The van der Waals surface area contributed by atoms with Crippen molar-refractivity contribution in [1.82, 2.24) is 5.32 Å². The van der Waals surface area contributed by atoms with Gasteiger partial charge in [0.2, 0.25) is 0 Å². The summed E-state index contributed by atoms with van der Waals surface area (Å²) in [7, 11) is 0. The van der Waals surface area contributed by atoms with E-state index in [0.717, 1.165) is 40.8 Å². The molecule has 0 spiro atoms. The highest BCUT2D eigenvalue weighted by atomic mass is 16.5. The van der Waals surface area contributed by atoms with Gasteiger partial charge >= 0.3 is 5.97 Å². The van der Waals surface area contributed by atoms with Crippen molar-refractivity contribution >= 4 is 12.0 Å². The Kier molecular flexibility index (Phi) is 9.40. The van der Waals surface area contributed by atoms with Gasteiger partial charge in [-0.1, -0.05) is 36.4 Å². The Bertz CT molecular complexity index is 1250. The highest BCUT2D eigenvalue weighted by Crippen LogP contribution is 2.32. The number of carboxylic acid groups (broad SMARTS) is 1. The lowest BCUT2D eigenvalue weighted by molar-refractivity contribution is 0.0697. The second-order valence-corrected chi connectivity index (χ2v) is 9.25. The maximum atomic E-state index is 11.1. The van der Waals surface area contributed by atoms with Gasteiger partial charge in [0.1, 0.15) is 24.6 Å². The summed E-state index contributed by atoms with van der Waals surface area (Å²) in [4.78, 5) is 11.1. The Morgan fingerprint density at radius 1 is 1.08 bits per heavy atom. The van der Waals surface area contributed by atoms with Gasteiger partial charge in [-0.3, -0.25) is 0 Å². The molecule has 200 valence electrons. The number of carbonyl (C=O) groups is 1. The van der Waals surface area contributed by atoms with Crippen LogP contribution < -0.4 is 19.5 Å². The average molecular weight is 518 g/mol. The van der Waals surface area contributed by atoms with Crippen LogP contribution in [0.5, 0.6) is 17.2 Å². The molecular formula is C31H35NO6. The minimum absolute atomic E-state index is 0.0124. The molecule has 1 aliphatic heterocycles. The summed E-state index contributed by atoms with van der Waals surface area (Å²) < 4.78 is 17.7. The molecule has 3 aromatic rings. The third-order valence-corrected chi connectivity index (χ3v) is 6.36. The van der Waals surface area contributed by atoms with Crippen molar-refractivity contribution in [3.05, 3.63) is 83.4 Å². The molecule has 0 bridgehead atoms. The maximum Gasteiger partial charge on any atom is 0.335 e. The number of ether oxygens (including phenoxy) is 3. The van der Waals surface area contributed by atoms with Gasteiger partial charge in [0.05, 0.1) is 12.2 Å². The number of aliphatic hydroxyl groups excluding tert-OH is 1. The van der Waals surface area contributed by atoms with Crippen molar-refractivity contribution in [1.29, 1.82) is 0 Å². The molecule has 0 amide bonds. The van der Waals surface area contributed by atoms with Gasteiger partial charge in [-0.2, -0.15) is 0 Å². The van der Waals surface area contributed by atoms with E-state index >= 15 is 0 Å². The summed E-state index contributed by atoms with van der Waals surface area (Å²) in [6, 6.07) is 18.7. The first-order valence-electron chi connectivity index (χ1n) is 13.0. The summed E-state index contributed by atoms with van der Waals surface area (Å²) in [6.07, 6.45) is 5.03. The lowest BCUT2D eigenvalue weighted by atomic mass is 9.96. The smallest absolute Gasteiger partial charge is 0.335 e. The quantitative estimate of drug-likeness (QED) is 0.304. The first-order valence-corrected chi connectivity index (χ1v) is 13.0. The van der Waals surface area contributed by atoms with Crippen LogP contribution in [0.25, 0.3) is 17.2 Å². The predicted molar refractivity (Wildman–Crippen MR) is 148 cm³/mol. The minimum atomic E-state index is -0.930. The summed E-state index contributed by atoms with van der Waals surface area (Å²) in [5.74, 6) is 1.21. The molecule has 1 aliphatic rings. The third kappa shape index (κ3) is 7.15. The van der Waals surface area contributed by atoms with Crippen LogP contribution in [-0.2, 0) is 6.42 Å². The number of nitrogens with one attached hydrogen (secondary N) is 1. The number of carboxylic acids is 1. The Labute approximate surface area is 223 Å². The number of hydrogen-bond acceptors (Lipinski definition) is 6. The van der Waals surface area contributed by atoms with E-state index in [1.807, 2.05) is 68.5 Å². The normalized spacial score (nSPS) is 15.5. The number of aliphatic hydroxyl groups is 1. The van der Waals surface area contributed by atoms with Gasteiger partial charge in [-0.15, -0.1) is 0 Å². The molecule has 3 aromatic carbocycles. The fraction of sp³-hybridized carbons (Fsp3) is 0.323. The highest BCUT2D eigenvalue weighted by molar-refractivity contribution is 5.88. The molecule has 7 nitrogen and oxygen atoms in total. The molecule has 38 heavy (non-hydrogen) atoms. The second kappa shape index (κ2) is 13.1. The number of benzene rings is 3. The monoisotopic (exact) mass is 517 g/mol. The first kappa shape index (κ1) is 27.2. The lowest BCUT2D eigenvalue weighted by Crippen LogP contribution is -2.39. The van der Waals surface area contributed by atoms with Crippen LogP contribution >= 0.6 is 0 Å². The Morgan fingerprint density at radius 3 is 2.61 bits per heavy atom. The molecule has 3 N–H and O–H groups in total. The van der Waals surface area contributed by atoms with E-state index in [4.69, 9.17) is 19.3 Å². The van der Waals surface area contributed by atoms with Crippen molar-refractivity contribution in [3.8, 4) is 28.4 Å². The van der Waals surface area contributed by atoms with E-state index in [0.29, 0.717) is 31.2 Å². The summed E-state index contributed by atoms with van der Waals surface area (Å²) >= 11 is 0. The number of allylic oxidation sites excluding steroid dienone is 1. The predicted octanol–water partition coefficient (Wildman–Crippen LogP) is 5.21. The molecular weight excluding hydrogens is 482 g/mol. The zero-order chi connectivity index (χ0) is 26.9. The van der Waals surface area contributed by atoms with Crippen molar-refractivity contribution in [2.24, 2.45) is 0 Å². The van der Waals surface area contributed by atoms with Crippen LogP contribution in [-0.4, -0.2) is 54.7 Å².